The normalized spacial score (nSPS) is 24.0. The van der Waals surface area contributed by atoms with E-state index in [0.717, 1.165) is 0 Å². The Balaban J connectivity index is 1.99. The van der Waals surface area contributed by atoms with E-state index >= 15 is 0 Å². The predicted molar refractivity (Wildman–Crippen MR) is 78.3 cm³/mol. The van der Waals surface area contributed by atoms with Gasteiger partial charge < -0.3 is 10.4 Å². The molecule has 0 aromatic heterocycles. The summed E-state index contributed by atoms with van der Waals surface area (Å²) in [5.41, 5.74) is 0.666. The number of nitrogens with zero attached hydrogens (tertiary/aromatic N) is 2. The highest BCUT2D eigenvalue weighted by atomic mass is 32.2. The van der Waals surface area contributed by atoms with Crippen LogP contribution in [0.3, 0.4) is 0 Å². The van der Waals surface area contributed by atoms with Crippen LogP contribution in [-0.4, -0.2) is 56.5 Å². The largest absolute Gasteiger partial charge is 0.477 e. The number of hydrogen-bond donors (Lipinski definition) is 2. The van der Waals surface area contributed by atoms with Gasteiger partial charge in [-0.3, -0.25) is 14.5 Å². The highest BCUT2D eigenvalue weighted by Gasteiger charge is 2.53. The SMILES string of the molecule is CC1=C(C(=O)O)N2C(=O)C(NC(=O)CSCC#N)[C@H]2SC1. The van der Waals surface area contributed by atoms with Gasteiger partial charge >= 0.3 is 5.97 Å². The molecule has 9 heteroatoms. The Morgan fingerprint density at radius 3 is 2.95 bits per heavy atom. The zero-order valence-electron chi connectivity index (χ0n) is 11.2. The van der Waals surface area contributed by atoms with Crippen LogP contribution in [0.2, 0.25) is 0 Å². The van der Waals surface area contributed by atoms with Crippen molar-refractivity contribution in [2.45, 2.75) is 18.3 Å². The number of carbonyl (C=O) groups is 3. The van der Waals surface area contributed by atoms with Gasteiger partial charge in [0.2, 0.25) is 5.91 Å². The lowest BCUT2D eigenvalue weighted by atomic mass is 10.0. The zero-order chi connectivity index (χ0) is 15.6. The number of carboxylic acid groups (broad SMARTS) is 1. The second-order valence-electron chi connectivity index (χ2n) is 4.54. The minimum Gasteiger partial charge on any atom is -0.477 e. The lowest BCUT2D eigenvalue weighted by Gasteiger charge is -2.49. The molecule has 2 heterocycles. The number of hydrogen-bond acceptors (Lipinski definition) is 6. The Hall–Kier alpha value is -1.66. The Morgan fingerprint density at radius 2 is 2.33 bits per heavy atom. The van der Waals surface area contributed by atoms with E-state index in [0.29, 0.717) is 11.3 Å². The Kier molecular flexibility index (Phi) is 4.80. The highest BCUT2D eigenvalue weighted by Crippen LogP contribution is 2.40. The van der Waals surface area contributed by atoms with E-state index in [1.54, 1.807) is 6.92 Å². The summed E-state index contributed by atoms with van der Waals surface area (Å²) in [6, 6.07) is 1.23. The Morgan fingerprint density at radius 1 is 1.62 bits per heavy atom. The topological polar surface area (TPSA) is 110 Å². The minimum atomic E-state index is -1.12. The van der Waals surface area contributed by atoms with Crippen molar-refractivity contribution < 1.29 is 19.5 Å². The maximum Gasteiger partial charge on any atom is 0.352 e. The number of nitrogens with one attached hydrogen (secondary N) is 1. The fourth-order valence-electron chi connectivity index (χ4n) is 2.18. The van der Waals surface area contributed by atoms with Gasteiger partial charge in [-0.1, -0.05) is 0 Å². The van der Waals surface area contributed by atoms with Crippen molar-refractivity contribution in [2.75, 3.05) is 17.3 Å². The Labute approximate surface area is 129 Å². The third kappa shape index (κ3) is 3.01. The van der Waals surface area contributed by atoms with Crippen molar-refractivity contribution in [1.29, 1.82) is 5.26 Å². The lowest BCUT2D eigenvalue weighted by Crippen LogP contribution is -2.70. The first-order chi connectivity index (χ1) is 9.97. The number of amides is 2. The molecule has 2 N–H and O–H groups in total. The number of fused-ring (bicyclic) bond motifs is 1. The van der Waals surface area contributed by atoms with Crippen LogP contribution in [0.1, 0.15) is 6.92 Å². The highest BCUT2D eigenvalue weighted by molar-refractivity contribution is 8.00. The molecule has 0 aromatic carbocycles. The summed E-state index contributed by atoms with van der Waals surface area (Å²) in [5, 5.41) is 19.8. The van der Waals surface area contributed by atoms with E-state index in [-0.39, 0.29) is 28.5 Å². The van der Waals surface area contributed by atoms with Gasteiger partial charge in [0, 0.05) is 5.75 Å². The summed E-state index contributed by atoms with van der Waals surface area (Å²) in [6.45, 7) is 1.68. The van der Waals surface area contributed by atoms with Gasteiger partial charge in [-0.25, -0.2) is 4.79 Å². The van der Waals surface area contributed by atoms with Gasteiger partial charge in [0.1, 0.15) is 17.1 Å². The summed E-state index contributed by atoms with van der Waals surface area (Å²) in [7, 11) is 0. The molecule has 2 aliphatic rings. The average molecular weight is 327 g/mol. The third-order valence-electron chi connectivity index (χ3n) is 3.08. The first-order valence-electron chi connectivity index (χ1n) is 6.09. The maximum absolute atomic E-state index is 12.1. The molecule has 1 unspecified atom stereocenters. The molecule has 0 aliphatic carbocycles. The summed E-state index contributed by atoms with van der Waals surface area (Å²) in [6.07, 6.45) is 0. The second kappa shape index (κ2) is 6.41. The molecule has 112 valence electrons. The summed E-state index contributed by atoms with van der Waals surface area (Å²) < 4.78 is 0. The van der Waals surface area contributed by atoms with Gasteiger partial charge in [0.15, 0.2) is 0 Å². The van der Waals surface area contributed by atoms with Crippen LogP contribution in [0.5, 0.6) is 0 Å². The summed E-state index contributed by atoms with van der Waals surface area (Å²) in [5.74, 6) is -1.01. The molecule has 2 amide bonds. The summed E-state index contributed by atoms with van der Waals surface area (Å²) in [4.78, 5) is 36.2. The van der Waals surface area contributed by atoms with E-state index < -0.39 is 17.9 Å². The fourth-order valence-corrected chi connectivity index (χ4v) is 3.93. The van der Waals surface area contributed by atoms with Gasteiger partial charge in [0.25, 0.3) is 5.91 Å². The molecule has 21 heavy (non-hydrogen) atoms. The molecule has 0 bridgehead atoms. The van der Waals surface area contributed by atoms with Crippen LogP contribution in [0.25, 0.3) is 0 Å². The van der Waals surface area contributed by atoms with E-state index in [9.17, 15) is 19.5 Å². The van der Waals surface area contributed by atoms with Crippen molar-refractivity contribution in [3.05, 3.63) is 11.3 Å². The van der Waals surface area contributed by atoms with Gasteiger partial charge in [-0.05, 0) is 12.5 Å². The van der Waals surface area contributed by atoms with Crippen LogP contribution in [0.4, 0.5) is 0 Å². The van der Waals surface area contributed by atoms with E-state index in [1.165, 1.54) is 28.4 Å². The third-order valence-corrected chi connectivity index (χ3v) is 5.30. The molecule has 2 aliphatic heterocycles. The predicted octanol–water partition coefficient (Wildman–Crippen LogP) is 0.00168. The number of thioether (sulfide) groups is 2. The quantitative estimate of drug-likeness (QED) is 0.540. The number of carbonyl (C=O) groups excluding carboxylic acids is 2. The number of β-lactam (4-membered cyclic amide) rings is 1. The monoisotopic (exact) mass is 327 g/mol. The van der Waals surface area contributed by atoms with Crippen molar-refractivity contribution in [2.24, 2.45) is 0 Å². The van der Waals surface area contributed by atoms with Gasteiger partial charge in [-0.15, -0.1) is 23.5 Å². The van der Waals surface area contributed by atoms with Crippen molar-refractivity contribution in [3.63, 3.8) is 0 Å². The number of rotatable bonds is 5. The van der Waals surface area contributed by atoms with Crippen LogP contribution < -0.4 is 5.32 Å². The van der Waals surface area contributed by atoms with Gasteiger partial charge in [0.05, 0.1) is 17.6 Å². The first kappa shape index (κ1) is 15.7. The molecule has 0 spiro atoms. The molecule has 0 radical (unpaired) electrons. The van der Waals surface area contributed by atoms with Crippen LogP contribution in [0.15, 0.2) is 11.3 Å². The fraction of sp³-hybridized carbons (Fsp3) is 0.500. The van der Waals surface area contributed by atoms with E-state index in [4.69, 9.17) is 5.26 Å². The Bertz CT molecular complexity index is 569. The zero-order valence-corrected chi connectivity index (χ0v) is 12.8. The number of nitriles is 1. The summed E-state index contributed by atoms with van der Waals surface area (Å²) >= 11 is 2.60. The minimum absolute atomic E-state index is 0.0214. The molecule has 0 aromatic rings. The average Bonchev–Trinajstić information content (AvgIpc) is 2.44. The first-order valence-corrected chi connectivity index (χ1v) is 8.29. The molecular formula is C12H13N3O4S2. The number of aliphatic carboxylic acids is 1. The molecule has 2 atom stereocenters. The molecule has 7 nitrogen and oxygen atoms in total. The van der Waals surface area contributed by atoms with Gasteiger partial charge in [-0.2, -0.15) is 5.26 Å². The molecule has 2 rings (SSSR count). The smallest absolute Gasteiger partial charge is 0.352 e. The van der Waals surface area contributed by atoms with Crippen LogP contribution >= 0.6 is 23.5 Å². The van der Waals surface area contributed by atoms with Crippen LogP contribution in [-0.2, 0) is 14.4 Å². The van der Waals surface area contributed by atoms with E-state index in [2.05, 4.69) is 5.32 Å². The van der Waals surface area contributed by atoms with Crippen molar-refractivity contribution in [1.82, 2.24) is 10.2 Å². The molecular weight excluding hydrogens is 314 g/mol. The standard InChI is InChI=1S/C12H13N3O4S2/c1-6-4-21-11-8(14-7(16)5-20-3-2-13)10(17)15(11)9(6)12(18)19/h8,11H,3-5H2,1H3,(H,14,16)(H,18,19)/t8?,11-/m1/s1. The van der Waals surface area contributed by atoms with E-state index in [1.807, 2.05) is 6.07 Å². The van der Waals surface area contributed by atoms with Crippen molar-refractivity contribution >= 4 is 41.3 Å². The molecule has 1 saturated heterocycles. The molecule has 0 saturated carbocycles. The lowest BCUT2D eigenvalue weighted by molar-refractivity contribution is -0.150. The second-order valence-corrected chi connectivity index (χ2v) is 6.63. The van der Waals surface area contributed by atoms with Crippen molar-refractivity contribution in [3.8, 4) is 6.07 Å². The maximum atomic E-state index is 12.1. The number of carboxylic acids is 1. The molecule has 1 fully saturated rings. The van der Waals surface area contributed by atoms with Crippen LogP contribution in [0, 0.1) is 11.3 Å².